The van der Waals surface area contributed by atoms with Crippen molar-refractivity contribution in [3.8, 4) is 11.5 Å². The van der Waals surface area contributed by atoms with Crippen molar-refractivity contribution in [1.82, 2.24) is 0 Å². The number of phenolic OH excluding ortho intramolecular Hbond substituents is 1. The Balaban J connectivity index is 1.75. The number of aliphatic hydroxyl groups excluding tert-OH is 1. The van der Waals surface area contributed by atoms with E-state index in [1.165, 1.54) is 6.07 Å². The number of hydrogen-bond acceptors (Lipinski definition) is 8. The smallest absolute Gasteiger partial charge is 0.341 e. The number of ether oxygens (including phenoxy) is 3. The van der Waals surface area contributed by atoms with Gasteiger partial charge in [-0.05, 0) is 27.7 Å². The molecule has 2 aromatic rings. The van der Waals surface area contributed by atoms with Crippen LogP contribution in [0, 0.1) is 0 Å². The van der Waals surface area contributed by atoms with E-state index in [4.69, 9.17) is 18.6 Å². The molecular weight excluding hydrogens is 368 g/mol. The van der Waals surface area contributed by atoms with E-state index in [0.29, 0.717) is 11.3 Å². The van der Waals surface area contributed by atoms with E-state index < -0.39 is 35.3 Å². The minimum atomic E-state index is -0.969. The number of benzene rings is 1. The number of phenols is 1. The molecule has 150 valence electrons. The van der Waals surface area contributed by atoms with Crippen LogP contribution in [0.25, 0.3) is 11.0 Å². The highest BCUT2D eigenvalue weighted by Gasteiger charge is 2.58. The number of epoxide rings is 1. The van der Waals surface area contributed by atoms with Crippen LogP contribution >= 0.6 is 0 Å². The number of aliphatic hydroxyl groups is 1. The molecule has 1 saturated heterocycles. The summed E-state index contributed by atoms with van der Waals surface area (Å²) in [5.41, 5.74) is -1.84. The van der Waals surface area contributed by atoms with Gasteiger partial charge in [0.1, 0.15) is 46.5 Å². The van der Waals surface area contributed by atoms with Crippen LogP contribution in [0.4, 0.5) is 0 Å². The molecular formula is C20H22O8. The van der Waals surface area contributed by atoms with Crippen molar-refractivity contribution in [2.45, 2.75) is 64.1 Å². The van der Waals surface area contributed by atoms with Crippen molar-refractivity contribution in [2.75, 3.05) is 0 Å². The molecule has 0 bridgehead atoms. The average molecular weight is 390 g/mol. The van der Waals surface area contributed by atoms with Crippen LogP contribution in [0.2, 0.25) is 0 Å². The van der Waals surface area contributed by atoms with Crippen LogP contribution in [0.1, 0.15) is 39.0 Å². The molecule has 1 aromatic heterocycles. The minimum Gasteiger partial charge on any atom is -0.507 e. The second-order valence-electron chi connectivity index (χ2n) is 7.98. The summed E-state index contributed by atoms with van der Waals surface area (Å²) in [5.74, 6) is -0.338. The average Bonchev–Trinajstić information content (AvgIpc) is 3.23. The maximum Gasteiger partial charge on any atom is 0.341 e. The minimum absolute atomic E-state index is 0.00422. The Morgan fingerprint density at radius 1 is 1.32 bits per heavy atom. The van der Waals surface area contributed by atoms with Gasteiger partial charge in [0.25, 0.3) is 0 Å². The predicted octanol–water partition coefficient (Wildman–Crippen LogP) is 1.79. The van der Waals surface area contributed by atoms with Crippen molar-refractivity contribution in [3.63, 3.8) is 0 Å². The molecule has 0 radical (unpaired) electrons. The molecule has 8 nitrogen and oxygen atoms in total. The molecule has 0 aliphatic carbocycles. The first-order valence-electron chi connectivity index (χ1n) is 9.07. The number of aromatic hydroxyl groups is 1. The highest BCUT2D eigenvalue weighted by Crippen LogP contribution is 2.44. The van der Waals surface area contributed by atoms with Gasteiger partial charge in [-0.25, -0.2) is 4.79 Å². The Bertz CT molecular complexity index is 1040. The molecule has 3 atom stereocenters. The van der Waals surface area contributed by atoms with E-state index in [-0.39, 0.29) is 35.0 Å². The summed E-state index contributed by atoms with van der Waals surface area (Å²) in [7, 11) is 0. The van der Waals surface area contributed by atoms with E-state index >= 15 is 0 Å². The largest absolute Gasteiger partial charge is 0.507 e. The van der Waals surface area contributed by atoms with E-state index in [9.17, 15) is 19.8 Å². The van der Waals surface area contributed by atoms with Crippen LogP contribution in [0.3, 0.4) is 0 Å². The zero-order valence-electron chi connectivity index (χ0n) is 16.1. The van der Waals surface area contributed by atoms with E-state index in [1.54, 1.807) is 27.7 Å². The molecule has 4 rings (SSSR count). The molecule has 2 N–H and O–H groups in total. The SMILES string of the molecule is CC1OC1(C)C(=O)OC1Cc2c(cc3oc(CO)cc(=O)c3c2O)OC1(C)C. The normalized spacial score (nSPS) is 27.8. The topological polar surface area (TPSA) is 119 Å². The van der Waals surface area contributed by atoms with E-state index in [2.05, 4.69) is 0 Å². The molecule has 3 heterocycles. The number of hydrogen-bond donors (Lipinski definition) is 2. The van der Waals surface area contributed by atoms with Crippen molar-refractivity contribution in [2.24, 2.45) is 0 Å². The lowest BCUT2D eigenvalue weighted by atomic mass is 9.89. The number of rotatable bonds is 3. The van der Waals surface area contributed by atoms with Crippen molar-refractivity contribution in [3.05, 3.63) is 33.7 Å². The lowest BCUT2D eigenvalue weighted by molar-refractivity contribution is -0.166. The molecule has 2 aliphatic rings. The van der Waals surface area contributed by atoms with Gasteiger partial charge in [0.15, 0.2) is 11.0 Å². The first kappa shape index (κ1) is 18.8. The maximum absolute atomic E-state index is 12.5. The zero-order chi connectivity index (χ0) is 20.4. The van der Waals surface area contributed by atoms with E-state index in [0.717, 1.165) is 6.07 Å². The van der Waals surface area contributed by atoms with Crippen molar-refractivity contribution in [1.29, 1.82) is 0 Å². The first-order valence-corrected chi connectivity index (χ1v) is 9.07. The van der Waals surface area contributed by atoms with Gasteiger partial charge >= 0.3 is 5.97 Å². The standard InChI is InChI=1S/C20H22O8/c1-9-20(4,27-9)18(24)26-15-6-11-13(28-19(15,2)3)7-14-16(17(11)23)12(22)5-10(8-21)25-14/h5,7,9,15,21,23H,6,8H2,1-4H3. The Labute approximate surface area is 160 Å². The fourth-order valence-corrected chi connectivity index (χ4v) is 3.49. The van der Waals surface area contributed by atoms with Gasteiger partial charge in [-0.15, -0.1) is 0 Å². The van der Waals surface area contributed by atoms with Gasteiger partial charge in [0, 0.05) is 24.1 Å². The molecule has 0 saturated carbocycles. The lowest BCUT2D eigenvalue weighted by Gasteiger charge is -2.39. The summed E-state index contributed by atoms with van der Waals surface area (Å²) >= 11 is 0. The van der Waals surface area contributed by atoms with Crippen molar-refractivity contribution >= 4 is 16.9 Å². The second kappa shape index (κ2) is 5.96. The van der Waals surface area contributed by atoms with Gasteiger partial charge in [0.05, 0.1) is 6.10 Å². The van der Waals surface area contributed by atoms with Crippen LogP contribution < -0.4 is 10.2 Å². The van der Waals surface area contributed by atoms with Crippen LogP contribution in [-0.4, -0.2) is 39.6 Å². The molecule has 1 aromatic carbocycles. The molecule has 0 spiro atoms. The maximum atomic E-state index is 12.5. The summed E-state index contributed by atoms with van der Waals surface area (Å²) in [5, 5.41) is 19.9. The third-order valence-electron chi connectivity index (χ3n) is 5.60. The molecule has 3 unspecified atom stereocenters. The van der Waals surface area contributed by atoms with Crippen molar-refractivity contribution < 1.29 is 33.6 Å². The Morgan fingerprint density at radius 3 is 2.61 bits per heavy atom. The Hall–Kier alpha value is -2.58. The number of fused-ring (bicyclic) bond motifs is 2. The fourth-order valence-electron chi connectivity index (χ4n) is 3.49. The summed E-state index contributed by atoms with van der Waals surface area (Å²) in [6, 6.07) is 2.64. The predicted molar refractivity (Wildman–Crippen MR) is 97.3 cm³/mol. The summed E-state index contributed by atoms with van der Waals surface area (Å²) < 4.78 is 22.4. The van der Waals surface area contributed by atoms with E-state index in [1.807, 2.05) is 0 Å². The first-order chi connectivity index (χ1) is 13.1. The summed E-state index contributed by atoms with van der Waals surface area (Å²) in [6.07, 6.45) is -0.739. The monoisotopic (exact) mass is 390 g/mol. The Morgan fingerprint density at radius 2 is 2.00 bits per heavy atom. The molecule has 28 heavy (non-hydrogen) atoms. The second-order valence-corrected chi connectivity index (χ2v) is 7.98. The molecule has 0 amide bonds. The molecule has 2 aliphatic heterocycles. The summed E-state index contributed by atoms with van der Waals surface area (Å²) in [6.45, 7) is 6.56. The van der Waals surface area contributed by atoms with Crippen LogP contribution in [0.5, 0.6) is 11.5 Å². The number of carbonyl (C=O) groups excluding carboxylic acids is 1. The zero-order valence-corrected chi connectivity index (χ0v) is 16.1. The quantitative estimate of drug-likeness (QED) is 0.601. The van der Waals surface area contributed by atoms with Gasteiger partial charge < -0.3 is 28.8 Å². The Kier molecular flexibility index (Phi) is 3.99. The highest BCUT2D eigenvalue weighted by atomic mass is 16.7. The van der Waals surface area contributed by atoms with Crippen LogP contribution in [-0.2, 0) is 27.3 Å². The van der Waals surface area contributed by atoms with Gasteiger partial charge in [0.2, 0.25) is 0 Å². The van der Waals surface area contributed by atoms with Gasteiger partial charge in [-0.2, -0.15) is 0 Å². The fraction of sp³-hybridized carbons (Fsp3) is 0.500. The third kappa shape index (κ3) is 2.75. The lowest BCUT2D eigenvalue weighted by Crippen LogP contribution is -2.50. The van der Waals surface area contributed by atoms with Crippen LogP contribution in [0.15, 0.2) is 21.3 Å². The number of esters is 1. The van der Waals surface area contributed by atoms with Gasteiger partial charge in [-0.3, -0.25) is 4.79 Å². The molecule has 8 heteroatoms. The van der Waals surface area contributed by atoms with Gasteiger partial charge in [-0.1, -0.05) is 0 Å². The number of carbonyl (C=O) groups is 1. The molecule has 1 fully saturated rings. The third-order valence-corrected chi connectivity index (χ3v) is 5.60. The highest BCUT2D eigenvalue weighted by molar-refractivity contribution is 5.87. The summed E-state index contributed by atoms with van der Waals surface area (Å²) in [4.78, 5) is 24.8.